The van der Waals surface area contributed by atoms with Crippen LogP contribution >= 0.6 is 0 Å². The molecule has 2 rings (SSSR count). The van der Waals surface area contributed by atoms with Crippen LogP contribution in [0.4, 0.5) is 0 Å². The summed E-state index contributed by atoms with van der Waals surface area (Å²) in [5.41, 5.74) is 0.489. The van der Waals surface area contributed by atoms with Crippen molar-refractivity contribution < 1.29 is 0 Å². The van der Waals surface area contributed by atoms with Gasteiger partial charge in [-0.25, -0.2) is 0 Å². The predicted molar refractivity (Wildman–Crippen MR) is 83.5 cm³/mol. The fourth-order valence-electron chi connectivity index (χ4n) is 4.75. The Hall–Kier alpha value is -0.0800. The fourth-order valence-corrected chi connectivity index (χ4v) is 4.75. The van der Waals surface area contributed by atoms with Gasteiger partial charge in [0, 0.05) is 11.6 Å². The quantitative estimate of drug-likeness (QED) is 0.754. The molecule has 2 fully saturated rings. The molecule has 0 aromatic rings. The van der Waals surface area contributed by atoms with Gasteiger partial charge in [-0.15, -0.1) is 0 Å². The molecule has 0 bridgehead atoms. The minimum absolute atomic E-state index is 0.489. The SMILES string of the molecule is CCNC(C(CC)CC)C1(N2CCCC2)CCCC1. The third-order valence-electron chi connectivity index (χ3n) is 5.73. The molecule has 0 aromatic carbocycles. The van der Waals surface area contributed by atoms with Crippen molar-refractivity contribution in [1.29, 1.82) is 0 Å². The smallest absolute Gasteiger partial charge is 0.0365 e. The fraction of sp³-hybridized carbons (Fsp3) is 1.00. The maximum Gasteiger partial charge on any atom is 0.0365 e. The lowest BCUT2D eigenvalue weighted by Crippen LogP contribution is -2.61. The van der Waals surface area contributed by atoms with Crippen molar-refractivity contribution in [3.8, 4) is 0 Å². The molecule has 1 unspecified atom stereocenters. The van der Waals surface area contributed by atoms with E-state index in [1.807, 2.05) is 0 Å². The first-order valence-corrected chi connectivity index (χ1v) is 8.77. The summed E-state index contributed by atoms with van der Waals surface area (Å²) < 4.78 is 0. The molecular weight excluding hydrogens is 232 g/mol. The van der Waals surface area contributed by atoms with Crippen LogP contribution in [0.25, 0.3) is 0 Å². The van der Waals surface area contributed by atoms with Crippen molar-refractivity contribution in [3.05, 3.63) is 0 Å². The summed E-state index contributed by atoms with van der Waals surface area (Å²) in [5.74, 6) is 0.846. The molecular formula is C17H34N2. The van der Waals surface area contributed by atoms with E-state index in [0.717, 1.165) is 12.5 Å². The lowest BCUT2D eigenvalue weighted by atomic mass is 9.76. The summed E-state index contributed by atoms with van der Waals surface area (Å²) in [6, 6.07) is 0.716. The van der Waals surface area contributed by atoms with Gasteiger partial charge in [-0.3, -0.25) is 4.90 Å². The summed E-state index contributed by atoms with van der Waals surface area (Å²) in [5, 5.41) is 3.90. The first kappa shape index (κ1) is 15.3. The number of nitrogens with one attached hydrogen (secondary N) is 1. The van der Waals surface area contributed by atoms with Crippen LogP contribution < -0.4 is 5.32 Å². The molecule has 1 aliphatic heterocycles. The van der Waals surface area contributed by atoms with Crippen LogP contribution in [0.2, 0.25) is 0 Å². The van der Waals surface area contributed by atoms with E-state index in [0.29, 0.717) is 11.6 Å². The average Bonchev–Trinajstić information content (AvgIpc) is 3.11. The zero-order valence-electron chi connectivity index (χ0n) is 13.4. The Morgan fingerprint density at radius 1 is 0.947 bits per heavy atom. The Labute approximate surface area is 120 Å². The zero-order valence-corrected chi connectivity index (χ0v) is 13.4. The molecule has 1 N–H and O–H groups in total. The number of hydrogen-bond donors (Lipinski definition) is 1. The van der Waals surface area contributed by atoms with Crippen LogP contribution in [0.15, 0.2) is 0 Å². The van der Waals surface area contributed by atoms with Crippen molar-refractivity contribution in [2.75, 3.05) is 19.6 Å². The Morgan fingerprint density at radius 3 is 2.00 bits per heavy atom. The van der Waals surface area contributed by atoms with Gasteiger partial charge >= 0.3 is 0 Å². The molecule has 2 nitrogen and oxygen atoms in total. The van der Waals surface area contributed by atoms with Crippen LogP contribution in [-0.2, 0) is 0 Å². The molecule has 2 aliphatic rings. The summed E-state index contributed by atoms with van der Waals surface area (Å²) in [6.07, 6.45) is 11.2. The second-order valence-corrected chi connectivity index (χ2v) is 6.62. The van der Waals surface area contributed by atoms with Gasteiger partial charge < -0.3 is 5.32 Å². The molecule has 0 aromatic heterocycles. The van der Waals surface area contributed by atoms with Gasteiger partial charge in [0.1, 0.15) is 0 Å². The number of likely N-dealkylation sites (tertiary alicyclic amines) is 1. The van der Waals surface area contributed by atoms with Crippen molar-refractivity contribution >= 4 is 0 Å². The molecule has 1 saturated heterocycles. The van der Waals surface area contributed by atoms with Crippen LogP contribution in [0.3, 0.4) is 0 Å². The van der Waals surface area contributed by atoms with Gasteiger partial charge in [0.05, 0.1) is 0 Å². The maximum atomic E-state index is 3.90. The van der Waals surface area contributed by atoms with E-state index in [2.05, 4.69) is 31.0 Å². The first-order chi connectivity index (χ1) is 9.28. The molecule has 0 spiro atoms. The molecule has 1 heterocycles. The van der Waals surface area contributed by atoms with Gasteiger partial charge in [-0.2, -0.15) is 0 Å². The highest BCUT2D eigenvalue weighted by Crippen LogP contribution is 2.43. The van der Waals surface area contributed by atoms with E-state index in [4.69, 9.17) is 0 Å². The van der Waals surface area contributed by atoms with Gasteiger partial charge in [0.25, 0.3) is 0 Å². The normalized spacial score (nSPS) is 25.3. The van der Waals surface area contributed by atoms with E-state index in [-0.39, 0.29) is 0 Å². The molecule has 1 aliphatic carbocycles. The maximum absolute atomic E-state index is 3.90. The number of rotatable bonds is 7. The van der Waals surface area contributed by atoms with Gasteiger partial charge in [-0.1, -0.05) is 46.5 Å². The lowest BCUT2D eigenvalue weighted by molar-refractivity contribution is 0.0487. The van der Waals surface area contributed by atoms with E-state index in [1.54, 1.807) is 0 Å². The molecule has 2 heteroatoms. The van der Waals surface area contributed by atoms with Crippen molar-refractivity contribution in [2.45, 2.75) is 83.7 Å². The van der Waals surface area contributed by atoms with Crippen molar-refractivity contribution in [2.24, 2.45) is 5.92 Å². The summed E-state index contributed by atoms with van der Waals surface area (Å²) in [7, 11) is 0. The molecule has 1 saturated carbocycles. The summed E-state index contributed by atoms with van der Waals surface area (Å²) in [4.78, 5) is 2.87. The zero-order chi connectivity index (χ0) is 13.7. The second kappa shape index (κ2) is 7.08. The molecule has 19 heavy (non-hydrogen) atoms. The highest BCUT2D eigenvalue weighted by molar-refractivity contribution is 5.06. The van der Waals surface area contributed by atoms with E-state index >= 15 is 0 Å². The summed E-state index contributed by atoms with van der Waals surface area (Å²) >= 11 is 0. The molecule has 0 amide bonds. The Balaban J connectivity index is 2.22. The van der Waals surface area contributed by atoms with E-state index < -0.39 is 0 Å². The highest BCUT2D eigenvalue weighted by atomic mass is 15.2. The van der Waals surface area contributed by atoms with Gasteiger partial charge in [-0.05, 0) is 51.2 Å². The summed E-state index contributed by atoms with van der Waals surface area (Å²) in [6.45, 7) is 10.9. The number of likely N-dealkylation sites (N-methyl/N-ethyl adjacent to an activating group) is 1. The third-order valence-corrected chi connectivity index (χ3v) is 5.73. The minimum Gasteiger partial charge on any atom is -0.312 e. The number of nitrogens with zero attached hydrogens (tertiary/aromatic N) is 1. The lowest BCUT2D eigenvalue weighted by Gasteiger charge is -2.48. The molecule has 1 atom stereocenters. The highest BCUT2D eigenvalue weighted by Gasteiger charge is 2.48. The van der Waals surface area contributed by atoms with Gasteiger partial charge in [0.2, 0.25) is 0 Å². The molecule has 0 radical (unpaired) electrons. The second-order valence-electron chi connectivity index (χ2n) is 6.62. The Morgan fingerprint density at radius 2 is 1.53 bits per heavy atom. The number of hydrogen-bond acceptors (Lipinski definition) is 2. The third kappa shape index (κ3) is 3.00. The van der Waals surface area contributed by atoms with Crippen LogP contribution in [0, 0.1) is 5.92 Å². The van der Waals surface area contributed by atoms with Crippen LogP contribution in [-0.4, -0.2) is 36.1 Å². The average molecular weight is 266 g/mol. The molecule has 112 valence electrons. The van der Waals surface area contributed by atoms with Crippen LogP contribution in [0.5, 0.6) is 0 Å². The minimum atomic E-state index is 0.489. The Kier molecular flexibility index (Phi) is 5.70. The largest absolute Gasteiger partial charge is 0.312 e. The monoisotopic (exact) mass is 266 g/mol. The Bertz CT molecular complexity index is 248. The van der Waals surface area contributed by atoms with Crippen LogP contribution in [0.1, 0.15) is 72.1 Å². The van der Waals surface area contributed by atoms with Crippen molar-refractivity contribution in [3.63, 3.8) is 0 Å². The van der Waals surface area contributed by atoms with Gasteiger partial charge in [0.15, 0.2) is 0 Å². The van der Waals surface area contributed by atoms with E-state index in [9.17, 15) is 0 Å². The van der Waals surface area contributed by atoms with Crippen molar-refractivity contribution in [1.82, 2.24) is 10.2 Å². The van der Waals surface area contributed by atoms with E-state index in [1.165, 1.54) is 64.5 Å². The topological polar surface area (TPSA) is 15.3 Å². The first-order valence-electron chi connectivity index (χ1n) is 8.77. The predicted octanol–water partition coefficient (Wildman–Crippen LogP) is 3.81. The standard InChI is InChI=1S/C17H34N2/c1-4-15(5-2)16(18-6-3)17(11-7-8-12-17)19-13-9-10-14-19/h15-16,18H,4-14H2,1-3H3.